The standard InChI is InChI=1S/C18H27N5O3S/c1-19-17-18(22-27(24,25)21-17)20-9-6-12-26-16-8-5-7-15(13-16)14-23-10-3-2-4-11-23/h5,7-8,13H,2-4,6,9-12,14H2,1H3,(H,19,21)(H,20,22). The van der Waals surface area contributed by atoms with Crippen molar-refractivity contribution in [2.24, 2.45) is 9.98 Å². The normalized spacial score (nSPS) is 22.6. The molecule has 0 atom stereocenters. The third-order valence-corrected chi connectivity index (χ3v) is 5.43. The Balaban J connectivity index is 1.44. The number of rotatable bonds is 7. The van der Waals surface area contributed by atoms with Gasteiger partial charge in [0, 0.05) is 26.6 Å². The molecular formula is C18H27N5O3S. The van der Waals surface area contributed by atoms with E-state index in [1.165, 1.54) is 45.0 Å². The van der Waals surface area contributed by atoms with Crippen molar-refractivity contribution < 1.29 is 13.2 Å². The van der Waals surface area contributed by atoms with Crippen LogP contribution in [-0.2, 0) is 16.8 Å². The molecule has 2 aliphatic rings. The molecule has 0 saturated carbocycles. The van der Waals surface area contributed by atoms with Gasteiger partial charge in [-0.1, -0.05) is 18.6 Å². The van der Waals surface area contributed by atoms with Gasteiger partial charge in [0.2, 0.25) is 0 Å². The minimum atomic E-state index is -3.56. The van der Waals surface area contributed by atoms with Crippen molar-refractivity contribution in [1.82, 2.24) is 14.3 Å². The number of aliphatic imine (C=N–C) groups is 2. The molecule has 0 spiro atoms. The lowest BCUT2D eigenvalue weighted by molar-refractivity contribution is 0.220. The van der Waals surface area contributed by atoms with Crippen LogP contribution >= 0.6 is 0 Å². The molecule has 0 bridgehead atoms. The second-order valence-corrected chi connectivity index (χ2v) is 8.11. The van der Waals surface area contributed by atoms with E-state index in [1.54, 1.807) is 0 Å². The Bertz CT molecular complexity index is 801. The molecule has 0 radical (unpaired) electrons. The highest BCUT2D eigenvalue weighted by Gasteiger charge is 2.27. The number of ether oxygens (including phenoxy) is 1. The van der Waals surface area contributed by atoms with Crippen LogP contribution in [0.25, 0.3) is 0 Å². The van der Waals surface area contributed by atoms with Crippen LogP contribution in [0.15, 0.2) is 34.3 Å². The summed E-state index contributed by atoms with van der Waals surface area (Å²) in [5.74, 6) is 1.35. The van der Waals surface area contributed by atoms with E-state index in [1.807, 2.05) is 12.1 Å². The van der Waals surface area contributed by atoms with Crippen LogP contribution < -0.4 is 14.2 Å². The minimum absolute atomic E-state index is 0.237. The van der Waals surface area contributed by atoms with Crippen molar-refractivity contribution in [3.8, 4) is 5.75 Å². The van der Waals surface area contributed by atoms with Crippen molar-refractivity contribution in [3.63, 3.8) is 0 Å². The van der Waals surface area contributed by atoms with Crippen LogP contribution in [0.3, 0.4) is 0 Å². The van der Waals surface area contributed by atoms with E-state index < -0.39 is 10.2 Å². The average molecular weight is 394 g/mol. The third kappa shape index (κ3) is 5.93. The third-order valence-electron chi connectivity index (χ3n) is 4.50. The molecule has 2 fully saturated rings. The van der Waals surface area contributed by atoms with Gasteiger partial charge in [0.25, 0.3) is 0 Å². The van der Waals surface area contributed by atoms with Crippen LogP contribution in [0, 0.1) is 0 Å². The second kappa shape index (κ2) is 9.18. The summed E-state index contributed by atoms with van der Waals surface area (Å²) in [6, 6.07) is 8.22. The Morgan fingerprint density at radius 1 is 1.15 bits per heavy atom. The highest BCUT2D eigenvalue weighted by molar-refractivity contribution is 7.89. The van der Waals surface area contributed by atoms with Crippen molar-refractivity contribution in [3.05, 3.63) is 29.8 Å². The molecule has 1 aromatic rings. The summed E-state index contributed by atoms with van der Waals surface area (Å²) < 4.78 is 33.3. The van der Waals surface area contributed by atoms with Crippen LogP contribution in [0.5, 0.6) is 5.75 Å². The zero-order valence-corrected chi connectivity index (χ0v) is 16.5. The summed E-state index contributed by atoms with van der Waals surface area (Å²) in [5.41, 5.74) is 1.27. The van der Waals surface area contributed by atoms with Gasteiger partial charge in [-0.3, -0.25) is 14.9 Å². The molecule has 148 valence electrons. The molecule has 0 amide bonds. The van der Waals surface area contributed by atoms with Gasteiger partial charge in [0.1, 0.15) is 5.75 Å². The van der Waals surface area contributed by atoms with Crippen LogP contribution in [0.1, 0.15) is 31.2 Å². The maximum absolute atomic E-state index is 11.4. The molecule has 0 unspecified atom stereocenters. The molecule has 2 saturated heterocycles. The summed E-state index contributed by atoms with van der Waals surface area (Å²) in [4.78, 5) is 10.6. The number of piperidine rings is 1. The fourth-order valence-electron chi connectivity index (χ4n) is 3.19. The summed E-state index contributed by atoms with van der Waals surface area (Å²) in [6.07, 6.45) is 4.59. The van der Waals surface area contributed by atoms with Crippen molar-refractivity contribution in [2.75, 3.05) is 33.3 Å². The number of nitrogens with one attached hydrogen (secondary N) is 2. The fourth-order valence-corrected chi connectivity index (χ4v) is 4.10. The monoisotopic (exact) mass is 393 g/mol. The summed E-state index contributed by atoms with van der Waals surface area (Å²) in [7, 11) is -2.04. The lowest BCUT2D eigenvalue weighted by Gasteiger charge is -2.26. The number of amidine groups is 2. The van der Waals surface area contributed by atoms with Crippen LogP contribution in [0.2, 0.25) is 0 Å². The Morgan fingerprint density at radius 3 is 2.70 bits per heavy atom. The SMILES string of the molecule is CN=C1NS(=O)(=O)NC1=NCCCOc1cccc(CN2CCCCC2)c1. The predicted octanol–water partition coefficient (Wildman–Crippen LogP) is 1.31. The Hall–Kier alpha value is -2.13. The number of likely N-dealkylation sites (tertiary alicyclic amines) is 1. The number of benzene rings is 1. The molecule has 27 heavy (non-hydrogen) atoms. The summed E-state index contributed by atoms with van der Waals surface area (Å²) in [6.45, 7) is 4.28. The highest BCUT2D eigenvalue weighted by atomic mass is 32.2. The number of hydrogen-bond acceptors (Lipinski definition) is 6. The average Bonchev–Trinajstić information content (AvgIpc) is 2.96. The van der Waals surface area contributed by atoms with Crippen LogP contribution in [-0.4, -0.2) is 58.3 Å². The van der Waals surface area contributed by atoms with Gasteiger partial charge in [-0.2, -0.15) is 8.42 Å². The van der Waals surface area contributed by atoms with Gasteiger partial charge in [-0.25, -0.2) is 9.44 Å². The van der Waals surface area contributed by atoms with Gasteiger partial charge < -0.3 is 4.74 Å². The topological polar surface area (TPSA) is 95.4 Å². The Morgan fingerprint density at radius 2 is 1.93 bits per heavy atom. The van der Waals surface area contributed by atoms with E-state index in [2.05, 4.69) is 36.5 Å². The van der Waals surface area contributed by atoms with E-state index in [-0.39, 0.29) is 11.7 Å². The molecular weight excluding hydrogens is 366 g/mol. The first kappa shape index (κ1) is 19.6. The molecule has 0 aliphatic carbocycles. The first-order valence-corrected chi connectivity index (χ1v) is 10.8. The number of nitrogens with zero attached hydrogens (tertiary/aromatic N) is 3. The van der Waals surface area contributed by atoms with E-state index in [0.717, 1.165) is 12.3 Å². The predicted molar refractivity (Wildman–Crippen MR) is 107 cm³/mol. The first-order chi connectivity index (χ1) is 13.1. The van der Waals surface area contributed by atoms with E-state index in [4.69, 9.17) is 4.74 Å². The lowest BCUT2D eigenvalue weighted by Crippen LogP contribution is -2.29. The summed E-state index contributed by atoms with van der Waals surface area (Å²) >= 11 is 0. The molecule has 9 heteroatoms. The maximum Gasteiger partial charge on any atom is 0.324 e. The zero-order valence-electron chi connectivity index (χ0n) is 15.6. The van der Waals surface area contributed by atoms with Crippen LogP contribution in [0.4, 0.5) is 0 Å². The summed E-state index contributed by atoms with van der Waals surface area (Å²) in [5, 5.41) is 0. The lowest BCUT2D eigenvalue weighted by atomic mass is 10.1. The zero-order chi connectivity index (χ0) is 19.1. The molecule has 0 aromatic heterocycles. The Kier molecular flexibility index (Phi) is 6.68. The smallest absolute Gasteiger partial charge is 0.324 e. The number of hydrogen-bond donors (Lipinski definition) is 2. The molecule has 2 N–H and O–H groups in total. The van der Waals surface area contributed by atoms with Crippen molar-refractivity contribution in [1.29, 1.82) is 0 Å². The second-order valence-electron chi connectivity index (χ2n) is 6.70. The van der Waals surface area contributed by atoms with Gasteiger partial charge in [0.05, 0.1) is 6.61 Å². The maximum atomic E-state index is 11.4. The molecule has 2 heterocycles. The van der Waals surface area contributed by atoms with E-state index in [0.29, 0.717) is 19.6 Å². The molecule has 1 aromatic carbocycles. The van der Waals surface area contributed by atoms with Crippen molar-refractivity contribution >= 4 is 21.9 Å². The van der Waals surface area contributed by atoms with Gasteiger partial charge in [-0.15, -0.1) is 0 Å². The molecule has 2 aliphatic heterocycles. The molecule has 8 nitrogen and oxygen atoms in total. The minimum Gasteiger partial charge on any atom is -0.494 e. The first-order valence-electron chi connectivity index (χ1n) is 9.32. The highest BCUT2D eigenvalue weighted by Crippen LogP contribution is 2.17. The van der Waals surface area contributed by atoms with Gasteiger partial charge >= 0.3 is 10.2 Å². The van der Waals surface area contributed by atoms with Crippen molar-refractivity contribution in [2.45, 2.75) is 32.2 Å². The quantitative estimate of drug-likeness (QED) is 0.683. The largest absolute Gasteiger partial charge is 0.494 e. The van der Waals surface area contributed by atoms with Gasteiger partial charge in [0.15, 0.2) is 11.7 Å². The fraction of sp³-hybridized carbons (Fsp3) is 0.556. The molecule has 3 rings (SSSR count). The van der Waals surface area contributed by atoms with E-state index in [9.17, 15) is 8.42 Å². The van der Waals surface area contributed by atoms with Gasteiger partial charge in [-0.05, 0) is 43.6 Å². The Labute approximate surface area is 160 Å². The van der Waals surface area contributed by atoms with E-state index >= 15 is 0 Å².